The number of carbonyl (C=O) groups is 1. The maximum atomic E-state index is 11.7. The number of imidazole rings is 1. The Hall–Kier alpha value is -1.46. The lowest BCUT2D eigenvalue weighted by Gasteiger charge is -2.17. The minimum absolute atomic E-state index is 0.0643. The zero-order chi connectivity index (χ0) is 16.2. The number of thioether (sulfide) groups is 1. The normalized spacial score (nSPS) is 11.5. The van der Waals surface area contributed by atoms with Crippen LogP contribution >= 0.6 is 23.4 Å². The molecule has 22 heavy (non-hydrogen) atoms. The van der Waals surface area contributed by atoms with Crippen LogP contribution in [-0.2, 0) is 4.79 Å². The Kier molecular flexibility index (Phi) is 5.53. The van der Waals surface area contributed by atoms with Gasteiger partial charge in [0.2, 0.25) is 5.91 Å². The van der Waals surface area contributed by atoms with Crippen molar-refractivity contribution in [2.24, 2.45) is 5.41 Å². The molecule has 2 aromatic rings. The topological polar surface area (TPSA) is 57.8 Å². The number of aromatic amines is 1. The van der Waals surface area contributed by atoms with Gasteiger partial charge in [0.1, 0.15) is 0 Å². The van der Waals surface area contributed by atoms with Crippen LogP contribution < -0.4 is 5.32 Å². The van der Waals surface area contributed by atoms with Gasteiger partial charge >= 0.3 is 0 Å². The average molecular weight is 338 g/mol. The smallest absolute Gasteiger partial charge is 0.225 e. The number of H-pyrrole nitrogens is 1. The summed E-state index contributed by atoms with van der Waals surface area (Å²) in [5, 5.41) is 4.48. The van der Waals surface area contributed by atoms with Crippen molar-refractivity contribution < 1.29 is 4.79 Å². The van der Waals surface area contributed by atoms with E-state index < -0.39 is 0 Å². The monoisotopic (exact) mass is 337 g/mol. The summed E-state index contributed by atoms with van der Waals surface area (Å²) in [7, 11) is 0. The number of nitrogens with zero attached hydrogens (tertiary/aromatic N) is 1. The number of amides is 1. The number of benzene rings is 1. The Morgan fingerprint density at radius 3 is 2.64 bits per heavy atom. The van der Waals surface area contributed by atoms with Crippen LogP contribution in [0, 0.1) is 5.41 Å². The summed E-state index contributed by atoms with van der Waals surface area (Å²) in [6.45, 7) is 6.33. The molecule has 0 saturated carbocycles. The van der Waals surface area contributed by atoms with E-state index in [2.05, 4.69) is 15.3 Å². The van der Waals surface area contributed by atoms with Gasteiger partial charge in [0.25, 0.3) is 0 Å². The summed E-state index contributed by atoms with van der Waals surface area (Å²) in [4.78, 5) is 19.3. The van der Waals surface area contributed by atoms with E-state index >= 15 is 0 Å². The fourth-order valence-corrected chi connectivity index (χ4v) is 2.56. The second kappa shape index (κ2) is 7.20. The van der Waals surface area contributed by atoms with E-state index in [4.69, 9.17) is 11.6 Å². The lowest BCUT2D eigenvalue weighted by atomic mass is 9.96. The zero-order valence-corrected chi connectivity index (χ0v) is 14.5. The Morgan fingerprint density at radius 2 is 2.00 bits per heavy atom. The molecule has 1 amide bonds. The van der Waals surface area contributed by atoms with Gasteiger partial charge < -0.3 is 10.3 Å². The van der Waals surface area contributed by atoms with E-state index in [1.54, 1.807) is 18.0 Å². The van der Waals surface area contributed by atoms with E-state index in [-0.39, 0.29) is 11.3 Å². The molecule has 1 aromatic carbocycles. The summed E-state index contributed by atoms with van der Waals surface area (Å²) < 4.78 is 0. The highest BCUT2D eigenvalue weighted by Crippen LogP contribution is 2.22. The summed E-state index contributed by atoms with van der Waals surface area (Å²) in [5.74, 6) is 0.837. The second-order valence-electron chi connectivity index (χ2n) is 5.96. The van der Waals surface area contributed by atoms with Crippen LogP contribution in [0.1, 0.15) is 20.8 Å². The first-order valence-corrected chi connectivity index (χ1v) is 8.44. The molecule has 4 nitrogen and oxygen atoms in total. The largest absolute Gasteiger partial charge is 0.355 e. The van der Waals surface area contributed by atoms with Gasteiger partial charge in [0, 0.05) is 22.7 Å². The molecule has 0 saturated heterocycles. The van der Waals surface area contributed by atoms with Crippen molar-refractivity contribution in [1.29, 1.82) is 0 Å². The second-order valence-corrected chi connectivity index (χ2v) is 7.48. The van der Waals surface area contributed by atoms with E-state index in [1.165, 1.54) is 0 Å². The number of hydrogen-bond donors (Lipinski definition) is 2. The molecule has 6 heteroatoms. The van der Waals surface area contributed by atoms with Gasteiger partial charge in [-0.2, -0.15) is 0 Å². The third kappa shape index (κ3) is 4.78. The number of nitrogens with one attached hydrogen (secondary N) is 2. The van der Waals surface area contributed by atoms with Crippen LogP contribution in [0.15, 0.2) is 35.6 Å². The lowest BCUT2D eigenvalue weighted by Crippen LogP contribution is -2.36. The van der Waals surface area contributed by atoms with E-state index in [0.29, 0.717) is 11.6 Å². The third-order valence-electron chi connectivity index (χ3n) is 3.02. The summed E-state index contributed by atoms with van der Waals surface area (Å²) in [6, 6.07) is 7.61. The first-order chi connectivity index (χ1) is 10.4. The number of hydrogen-bond acceptors (Lipinski definition) is 3. The Labute approximate surface area is 140 Å². The minimum atomic E-state index is -0.350. The van der Waals surface area contributed by atoms with Crippen LogP contribution in [0.4, 0.5) is 0 Å². The summed E-state index contributed by atoms with van der Waals surface area (Å²) in [6.07, 6.45) is 1.80. The standard InChI is InChI=1S/C16H20ClN3OS/c1-16(2,3)14(21)18-8-9-22-15-19-10-13(20-15)11-4-6-12(17)7-5-11/h4-7,10H,8-9H2,1-3H3,(H,18,21)(H,19,20). The highest BCUT2D eigenvalue weighted by Gasteiger charge is 2.20. The van der Waals surface area contributed by atoms with Gasteiger partial charge in [-0.05, 0) is 17.7 Å². The Balaban J connectivity index is 1.83. The highest BCUT2D eigenvalue weighted by atomic mass is 35.5. The molecule has 0 bridgehead atoms. The first-order valence-electron chi connectivity index (χ1n) is 7.08. The van der Waals surface area contributed by atoms with Gasteiger partial charge in [-0.15, -0.1) is 0 Å². The molecule has 0 radical (unpaired) electrons. The minimum Gasteiger partial charge on any atom is -0.355 e. The molecule has 0 atom stereocenters. The predicted octanol–water partition coefficient (Wildman–Crippen LogP) is 3.98. The molecule has 1 aromatic heterocycles. The number of carbonyl (C=O) groups excluding carboxylic acids is 1. The van der Waals surface area contributed by atoms with Crippen molar-refractivity contribution in [3.8, 4) is 11.3 Å². The van der Waals surface area contributed by atoms with Gasteiger partial charge in [-0.25, -0.2) is 4.98 Å². The highest BCUT2D eigenvalue weighted by molar-refractivity contribution is 7.99. The van der Waals surface area contributed by atoms with E-state index in [9.17, 15) is 4.79 Å². The van der Waals surface area contributed by atoms with Gasteiger partial charge in [0.05, 0.1) is 11.9 Å². The molecule has 118 valence electrons. The predicted molar refractivity (Wildman–Crippen MR) is 92.2 cm³/mol. The summed E-state index contributed by atoms with van der Waals surface area (Å²) in [5.41, 5.74) is 1.65. The average Bonchev–Trinajstić information content (AvgIpc) is 2.92. The third-order valence-corrected chi connectivity index (χ3v) is 4.16. The van der Waals surface area contributed by atoms with Crippen molar-refractivity contribution in [2.75, 3.05) is 12.3 Å². The van der Waals surface area contributed by atoms with Crippen LogP contribution in [0.2, 0.25) is 5.02 Å². The first kappa shape index (κ1) is 16.9. The maximum Gasteiger partial charge on any atom is 0.225 e. The van der Waals surface area contributed by atoms with Crippen LogP contribution in [-0.4, -0.2) is 28.2 Å². The van der Waals surface area contributed by atoms with Crippen LogP contribution in [0.5, 0.6) is 0 Å². The van der Waals surface area contributed by atoms with E-state index in [0.717, 1.165) is 22.2 Å². The van der Waals surface area contributed by atoms with Crippen LogP contribution in [0.3, 0.4) is 0 Å². The van der Waals surface area contributed by atoms with Crippen molar-refractivity contribution in [1.82, 2.24) is 15.3 Å². The Bertz CT molecular complexity index is 632. The molecule has 0 unspecified atom stereocenters. The SMILES string of the molecule is CC(C)(C)C(=O)NCCSc1ncc(-c2ccc(Cl)cc2)[nH]1. The fourth-order valence-electron chi connectivity index (χ4n) is 1.73. The van der Waals surface area contributed by atoms with Crippen molar-refractivity contribution in [3.05, 3.63) is 35.5 Å². The summed E-state index contributed by atoms with van der Waals surface area (Å²) >= 11 is 7.47. The zero-order valence-electron chi connectivity index (χ0n) is 12.9. The number of aromatic nitrogens is 2. The van der Waals surface area contributed by atoms with Crippen molar-refractivity contribution in [2.45, 2.75) is 25.9 Å². The lowest BCUT2D eigenvalue weighted by molar-refractivity contribution is -0.128. The molecule has 0 aliphatic heterocycles. The molecule has 0 fully saturated rings. The van der Waals surface area contributed by atoms with Gasteiger partial charge in [-0.3, -0.25) is 4.79 Å². The molecule has 0 aliphatic rings. The number of rotatable bonds is 5. The van der Waals surface area contributed by atoms with Gasteiger partial charge in [-0.1, -0.05) is 56.3 Å². The molecule has 0 spiro atoms. The molecule has 2 N–H and O–H groups in total. The molecule has 2 rings (SSSR count). The molecule has 1 heterocycles. The van der Waals surface area contributed by atoms with Crippen LogP contribution in [0.25, 0.3) is 11.3 Å². The Morgan fingerprint density at radius 1 is 1.32 bits per heavy atom. The van der Waals surface area contributed by atoms with E-state index in [1.807, 2.05) is 45.0 Å². The molecular formula is C16H20ClN3OS. The van der Waals surface area contributed by atoms with Crippen molar-refractivity contribution in [3.63, 3.8) is 0 Å². The quantitative estimate of drug-likeness (QED) is 0.640. The molecule has 0 aliphatic carbocycles. The fraction of sp³-hybridized carbons (Fsp3) is 0.375. The van der Waals surface area contributed by atoms with Crippen molar-refractivity contribution >= 4 is 29.3 Å². The molecular weight excluding hydrogens is 318 g/mol. The maximum absolute atomic E-state index is 11.7. The number of halogens is 1. The van der Waals surface area contributed by atoms with Gasteiger partial charge in [0.15, 0.2) is 5.16 Å².